The second-order valence-electron chi connectivity index (χ2n) is 9.28. The van der Waals surface area contributed by atoms with Crippen molar-refractivity contribution in [3.05, 3.63) is 122 Å². The van der Waals surface area contributed by atoms with Crippen LogP contribution in [0.2, 0.25) is 0 Å². The molecule has 240 valence electrons. The topological polar surface area (TPSA) is 139 Å². The first-order chi connectivity index (χ1) is 21.9. The molecule has 0 saturated heterocycles. The number of sulfone groups is 2. The van der Waals surface area contributed by atoms with Crippen molar-refractivity contribution in [1.29, 1.82) is 0 Å². The Labute approximate surface area is 268 Å². The van der Waals surface area contributed by atoms with Gasteiger partial charge in [0.15, 0.2) is 0 Å². The average molecular weight is 665 g/mol. The fraction of sp³-hybridized carbons (Fsp3) is 0.118. The maximum Gasteiger partial charge on any atom is 0.308 e. The Morgan fingerprint density at radius 1 is 0.500 bits per heavy atom. The molecule has 0 aromatic heterocycles. The summed E-state index contributed by atoms with van der Waals surface area (Å²) in [6, 6.07) is 23.6. The van der Waals surface area contributed by atoms with Crippen LogP contribution < -0.4 is 18.9 Å². The van der Waals surface area contributed by atoms with Crippen molar-refractivity contribution < 1.29 is 45.4 Å². The second kappa shape index (κ2) is 16.2. The van der Waals surface area contributed by atoms with E-state index >= 15 is 0 Å². The van der Waals surface area contributed by atoms with E-state index in [9.17, 15) is 26.4 Å². The zero-order valence-electron chi connectivity index (χ0n) is 25.1. The van der Waals surface area contributed by atoms with E-state index in [1.54, 1.807) is 36.4 Å². The van der Waals surface area contributed by atoms with E-state index in [2.05, 4.69) is 13.2 Å². The molecular formula is C34H32O10S2. The van der Waals surface area contributed by atoms with E-state index in [0.29, 0.717) is 24.7 Å². The summed E-state index contributed by atoms with van der Waals surface area (Å²) in [6.45, 7) is 10.4. The van der Waals surface area contributed by atoms with Crippen molar-refractivity contribution in [2.45, 2.75) is 33.4 Å². The number of benzene rings is 4. The fourth-order valence-electron chi connectivity index (χ4n) is 3.72. The third-order valence-corrected chi connectivity index (χ3v) is 9.37. The van der Waals surface area contributed by atoms with Gasteiger partial charge in [-0.2, -0.15) is 0 Å². The van der Waals surface area contributed by atoms with Crippen molar-refractivity contribution in [2.75, 3.05) is 13.2 Å². The lowest BCUT2D eigenvalue weighted by Gasteiger charge is -2.08. The molecule has 0 spiro atoms. The molecule has 0 bridgehead atoms. The summed E-state index contributed by atoms with van der Waals surface area (Å²) in [5.74, 6) is 0.751. The van der Waals surface area contributed by atoms with Crippen LogP contribution in [0.5, 0.6) is 23.0 Å². The van der Waals surface area contributed by atoms with Gasteiger partial charge < -0.3 is 18.9 Å². The Hall–Kier alpha value is -5.20. The number of carbonyl (C=O) groups is 2. The van der Waals surface area contributed by atoms with Crippen LogP contribution in [0.25, 0.3) is 0 Å². The number of ether oxygens (including phenoxy) is 4. The predicted octanol–water partition coefficient (Wildman–Crippen LogP) is 6.02. The molecule has 0 unspecified atom stereocenters. The molecule has 0 amide bonds. The number of hydrogen-bond acceptors (Lipinski definition) is 10. The molecule has 0 aliphatic rings. The quantitative estimate of drug-likeness (QED) is 0.100. The highest BCUT2D eigenvalue weighted by Gasteiger charge is 2.19. The number of carbonyl (C=O) groups excluding carboxylic acids is 2. The van der Waals surface area contributed by atoms with E-state index in [1.165, 1.54) is 86.6 Å². The number of rotatable bonds is 12. The maximum absolute atomic E-state index is 12.6. The lowest BCUT2D eigenvalue weighted by atomic mass is 10.3. The smallest absolute Gasteiger partial charge is 0.308 e. The highest BCUT2D eigenvalue weighted by atomic mass is 32.2. The van der Waals surface area contributed by atoms with Crippen LogP contribution in [0.1, 0.15) is 13.8 Å². The summed E-state index contributed by atoms with van der Waals surface area (Å²) >= 11 is 0. The van der Waals surface area contributed by atoms with Gasteiger partial charge in [0, 0.05) is 13.8 Å². The van der Waals surface area contributed by atoms with Gasteiger partial charge in [-0.25, -0.2) is 16.8 Å². The van der Waals surface area contributed by atoms with Crippen LogP contribution >= 0.6 is 0 Å². The predicted molar refractivity (Wildman–Crippen MR) is 171 cm³/mol. The summed E-state index contributed by atoms with van der Waals surface area (Å²) in [5.41, 5.74) is 0. The molecule has 0 radical (unpaired) electrons. The van der Waals surface area contributed by atoms with Crippen LogP contribution in [0.15, 0.2) is 142 Å². The first-order valence-corrected chi connectivity index (χ1v) is 16.6. The monoisotopic (exact) mass is 664 g/mol. The number of esters is 2. The molecule has 10 nitrogen and oxygen atoms in total. The van der Waals surface area contributed by atoms with Gasteiger partial charge in [0.2, 0.25) is 19.7 Å². The van der Waals surface area contributed by atoms with Crippen LogP contribution in [0.4, 0.5) is 0 Å². The molecule has 0 heterocycles. The normalized spacial score (nSPS) is 10.8. The van der Waals surface area contributed by atoms with Gasteiger partial charge in [-0.05, 0) is 97.1 Å². The van der Waals surface area contributed by atoms with Crippen LogP contribution in [0, 0.1) is 0 Å². The third-order valence-electron chi connectivity index (χ3n) is 5.79. The Morgan fingerprint density at radius 3 is 0.957 bits per heavy atom. The van der Waals surface area contributed by atoms with Crippen LogP contribution in [-0.2, 0) is 29.3 Å². The molecule has 46 heavy (non-hydrogen) atoms. The highest BCUT2D eigenvalue weighted by molar-refractivity contribution is 7.91. The van der Waals surface area contributed by atoms with Crippen molar-refractivity contribution in [1.82, 2.24) is 0 Å². The standard InChI is InChI=1S/C18H18O4S.C16H14O6S/c1-3-13-21-15-5-9-17(10-6-15)23(19,20)18-11-7-16(8-12-18)22-14-4-2;1-11(17)21-13-3-7-15(8-4-13)23(19,20)16-9-5-14(6-10-16)22-12(2)18/h3-12H,1-2,13-14H2;3-10H,1-2H3. The van der Waals surface area contributed by atoms with Crippen LogP contribution in [0.3, 0.4) is 0 Å². The maximum atomic E-state index is 12.6. The van der Waals surface area contributed by atoms with Gasteiger partial charge in [-0.15, -0.1) is 0 Å². The largest absolute Gasteiger partial charge is 0.490 e. The van der Waals surface area contributed by atoms with E-state index in [1.807, 2.05) is 0 Å². The Bertz CT molecular complexity index is 1730. The molecular weight excluding hydrogens is 632 g/mol. The van der Waals surface area contributed by atoms with Gasteiger partial charge in [0.25, 0.3) is 0 Å². The van der Waals surface area contributed by atoms with E-state index < -0.39 is 31.6 Å². The first-order valence-electron chi connectivity index (χ1n) is 13.6. The summed E-state index contributed by atoms with van der Waals surface area (Å²) in [7, 11) is -7.28. The van der Waals surface area contributed by atoms with E-state index in [0.717, 1.165) is 0 Å². The molecule has 4 aromatic rings. The van der Waals surface area contributed by atoms with Gasteiger partial charge in [0.05, 0.1) is 19.6 Å². The van der Waals surface area contributed by atoms with Crippen molar-refractivity contribution >= 4 is 31.6 Å². The first kappa shape index (κ1) is 35.3. The minimum Gasteiger partial charge on any atom is -0.490 e. The Kier molecular flexibility index (Phi) is 12.4. The summed E-state index contributed by atoms with van der Waals surface area (Å²) < 4.78 is 70.5. The molecule has 0 saturated carbocycles. The zero-order chi connectivity index (χ0) is 33.7. The number of hydrogen-bond donors (Lipinski definition) is 0. The second-order valence-corrected chi connectivity index (χ2v) is 13.2. The van der Waals surface area contributed by atoms with Gasteiger partial charge >= 0.3 is 11.9 Å². The van der Waals surface area contributed by atoms with Crippen LogP contribution in [-0.4, -0.2) is 42.0 Å². The Balaban J connectivity index is 0.000000250. The molecule has 0 aliphatic carbocycles. The van der Waals surface area contributed by atoms with Crippen molar-refractivity contribution in [2.24, 2.45) is 0 Å². The Morgan fingerprint density at radius 2 is 0.739 bits per heavy atom. The molecule has 0 fully saturated rings. The minimum atomic E-state index is -3.71. The van der Waals surface area contributed by atoms with Crippen molar-refractivity contribution in [3.63, 3.8) is 0 Å². The summed E-state index contributed by atoms with van der Waals surface area (Å²) in [4.78, 5) is 22.2. The molecule has 4 rings (SSSR count). The minimum absolute atomic E-state index is 0.0636. The third kappa shape index (κ3) is 9.91. The summed E-state index contributed by atoms with van der Waals surface area (Å²) in [5, 5.41) is 0. The molecule has 0 atom stereocenters. The fourth-order valence-corrected chi connectivity index (χ4v) is 6.24. The van der Waals surface area contributed by atoms with Gasteiger partial charge in [0.1, 0.15) is 36.2 Å². The molecule has 0 aliphatic heterocycles. The molecule has 4 aromatic carbocycles. The average Bonchev–Trinajstić information content (AvgIpc) is 3.03. The van der Waals surface area contributed by atoms with E-state index in [-0.39, 0.29) is 31.1 Å². The zero-order valence-corrected chi connectivity index (χ0v) is 26.8. The SMILES string of the molecule is C=CCOc1ccc(S(=O)(=O)c2ccc(OCC=C)cc2)cc1.CC(=O)Oc1ccc(S(=O)(=O)c2ccc(OC(C)=O)cc2)cc1. The molecule has 0 N–H and O–H groups in total. The lowest BCUT2D eigenvalue weighted by Crippen LogP contribution is -2.05. The van der Waals surface area contributed by atoms with E-state index in [4.69, 9.17) is 18.9 Å². The lowest BCUT2D eigenvalue weighted by molar-refractivity contribution is -0.132. The summed E-state index contributed by atoms with van der Waals surface area (Å²) in [6.07, 6.45) is 3.25. The van der Waals surface area contributed by atoms with Gasteiger partial charge in [-0.3, -0.25) is 9.59 Å². The van der Waals surface area contributed by atoms with Gasteiger partial charge in [-0.1, -0.05) is 25.3 Å². The molecule has 12 heteroatoms. The van der Waals surface area contributed by atoms with Crippen molar-refractivity contribution in [3.8, 4) is 23.0 Å². The highest BCUT2D eigenvalue weighted by Crippen LogP contribution is 2.26.